The maximum Gasteiger partial charge on any atom is 0.433 e. The summed E-state index contributed by atoms with van der Waals surface area (Å²) in [5, 5.41) is 6.17. The van der Waals surface area contributed by atoms with Gasteiger partial charge in [0.2, 0.25) is 5.91 Å². The minimum atomic E-state index is -4.80. The average molecular weight is 638 g/mol. The number of rotatable bonds is 19. The number of aromatic amines is 1. The fourth-order valence-corrected chi connectivity index (χ4v) is 6.37. The lowest BCUT2D eigenvalue weighted by Crippen LogP contribution is -2.30. The van der Waals surface area contributed by atoms with E-state index in [-0.39, 0.29) is 21.5 Å². The number of fused-ring (bicyclic) bond motifs is 1. The second-order valence-electron chi connectivity index (χ2n) is 12.2. The van der Waals surface area contributed by atoms with Gasteiger partial charge in [0.1, 0.15) is 5.04 Å². The Labute approximate surface area is 261 Å². The molecule has 0 fully saturated rings. The average Bonchev–Trinajstić information content (AvgIpc) is 3.54. The zero-order valence-corrected chi connectivity index (χ0v) is 27.0. The number of thioether (sulfide) groups is 1. The van der Waals surface area contributed by atoms with Gasteiger partial charge in [0.05, 0.1) is 10.6 Å². The van der Waals surface area contributed by atoms with Crippen molar-refractivity contribution in [2.45, 2.75) is 134 Å². The summed E-state index contributed by atoms with van der Waals surface area (Å²) in [4.78, 5) is 44.6. The Balaban J connectivity index is 1.49. The summed E-state index contributed by atoms with van der Waals surface area (Å²) >= 11 is 0.973. The van der Waals surface area contributed by atoms with E-state index in [0.717, 1.165) is 35.5 Å². The van der Waals surface area contributed by atoms with Crippen molar-refractivity contribution in [2.75, 3.05) is 6.54 Å². The predicted molar refractivity (Wildman–Crippen MR) is 169 cm³/mol. The van der Waals surface area contributed by atoms with Gasteiger partial charge in [-0.1, -0.05) is 110 Å². The van der Waals surface area contributed by atoms with Crippen molar-refractivity contribution in [2.24, 2.45) is 4.99 Å². The van der Waals surface area contributed by atoms with Gasteiger partial charge in [0.25, 0.3) is 11.5 Å². The van der Waals surface area contributed by atoms with Gasteiger partial charge in [0, 0.05) is 30.5 Å². The molecule has 0 unspecified atom stereocenters. The van der Waals surface area contributed by atoms with Crippen LogP contribution in [0.5, 0.6) is 0 Å². The summed E-state index contributed by atoms with van der Waals surface area (Å²) in [6, 6.07) is 0.446. The van der Waals surface area contributed by atoms with Crippen molar-refractivity contribution in [1.29, 1.82) is 0 Å². The van der Waals surface area contributed by atoms with Crippen LogP contribution in [0.15, 0.2) is 32.9 Å². The number of carbonyl (C=O) groups excluding carboxylic acids is 2. The topological polar surface area (TPSA) is 109 Å². The molecule has 3 heterocycles. The maximum atomic E-state index is 13.5. The van der Waals surface area contributed by atoms with E-state index >= 15 is 0 Å². The standard InChI is InChI=1S/C32H46F3N5O3S/c1-4-5-6-7-8-9-10-11-12-13-14-15-16-17-24(41)36-21-20-31(2,3)29-28(44-26-19-18-25(42)38-26)30-37-23(32(33,34)35)22-27(43)40(30)39-29/h18-19,22,39H,4-17,20-21H2,1-3H3,(H,36,41). The van der Waals surface area contributed by atoms with Gasteiger partial charge in [-0.15, -0.1) is 0 Å². The first-order valence-corrected chi connectivity index (χ1v) is 16.7. The number of aliphatic imine (C=N–C) groups is 1. The van der Waals surface area contributed by atoms with Gasteiger partial charge in [0.15, 0.2) is 11.3 Å². The quantitative estimate of drug-likeness (QED) is 0.152. The molecule has 1 aliphatic rings. The van der Waals surface area contributed by atoms with Crippen LogP contribution in [0.4, 0.5) is 13.2 Å². The molecule has 244 valence electrons. The minimum absolute atomic E-state index is 0.0354. The van der Waals surface area contributed by atoms with E-state index in [9.17, 15) is 27.6 Å². The molecule has 8 nitrogen and oxygen atoms in total. The van der Waals surface area contributed by atoms with Crippen LogP contribution in [-0.2, 0) is 21.2 Å². The summed E-state index contributed by atoms with van der Waals surface area (Å²) in [5.41, 5.74) is -2.63. The number of nitrogens with one attached hydrogen (secondary N) is 2. The van der Waals surface area contributed by atoms with Crippen LogP contribution in [-0.4, -0.2) is 38.0 Å². The number of hydrogen-bond donors (Lipinski definition) is 2. The molecule has 2 aromatic heterocycles. The number of amides is 2. The predicted octanol–water partition coefficient (Wildman–Crippen LogP) is 7.89. The number of nitrogens with zero attached hydrogens (tertiary/aromatic N) is 3. The van der Waals surface area contributed by atoms with Crippen LogP contribution in [0.1, 0.15) is 128 Å². The van der Waals surface area contributed by atoms with Crippen LogP contribution < -0.4 is 10.9 Å². The maximum absolute atomic E-state index is 13.5. The summed E-state index contributed by atoms with van der Waals surface area (Å²) in [5.74, 6) is -0.507. The molecule has 2 aromatic rings. The molecule has 0 aliphatic carbocycles. The number of halogens is 3. The smallest absolute Gasteiger partial charge is 0.356 e. The third kappa shape index (κ3) is 10.9. The normalized spacial score (nSPS) is 13.7. The first-order chi connectivity index (χ1) is 20.9. The van der Waals surface area contributed by atoms with E-state index in [4.69, 9.17) is 0 Å². The molecular weight excluding hydrogens is 591 g/mol. The van der Waals surface area contributed by atoms with E-state index in [1.807, 2.05) is 13.8 Å². The van der Waals surface area contributed by atoms with Crippen molar-refractivity contribution in [1.82, 2.24) is 19.9 Å². The molecule has 0 atom stereocenters. The highest BCUT2D eigenvalue weighted by atomic mass is 32.2. The molecule has 3 rings (SSSR count). The van der Waals surface area contributed by atoms with Gasteiger partial charge in [-0.05, 0) is 18.9 Å². The highest BCUT2D eigenvalue weighted by molar-refractivity contribution is 8.14. The van der Waals surface area contributed by atoms with E-state index < -0.39 is 28.8 Å². The molecule has 12 heteroatoms. The van der Waals surface area contributed by atoms with E-state index in [2.05, 4.69) is 27.3 Å². The Morgan fingerprint density at radius 2 is 1.52 bits per heavy atom. The van der Waals surface area contributed by atoms with Crippen molar-refractivity contribution in [3.05, 3.63) is 40.0 Å². The first-order valence-electron chi connectivity index (χ1n) is 15.9. The highest BCUT2D eigenvalue weighted by Crippen LogP contribution is 2.38. The Kier molecular flexibility index (Phi) is 13.7. The fraction of sp³-hybridized carbons (Fsp3) is 0.656. The Morgan fingerprint density at radius 1 is 0.932 bits per heavy atom. The molecule has 44 heavy (non-hydrogen) atoms. The molecule has 1 aliphatic heterocycles. The Morgan fingerprint density at radius 3 is 2.07 bits per heavy atom. The monoisotopic (exact) mass is 637 g/mol. The molecule has 2 amide bonds. The second-order valence-corrected chi connectivity index (χ2v) is 13.2. The van der Waals surface area contributed by atoms with Crippen molar-refractivity contribution in [3.8, 4) is 0 Å². The number of unbranched alkanes of at least 4 members (excludes halogenated alkanes) is 12. The van der Waals surface area contributed by atoms with Crippen LogP contribution >= 0.6 is 11.8 Å². The summed E-state index contributed by atoms with van der Waals surface area (Å²) < 4.78 is 41.4. The largest absolute Gasteiger partial charge is 0.433 e. The van der Waals surface area contributed by atoms with Crippen molar-refractivity contribution in [3.63, 3.8) is 0 Å². The first kappa shape index (κ1) is 35.6. The van der Waals surface area contributed by atoms with E-state index in [1.54, 1.807) is 0 Å². The number of alkyl halides is 3. The van der Waals surface area contributed by atoms with E-state index in [0.29, 0.717) is 31.1 Å². The molecule has 0 radical (unpaired) electrons. The van der Waals surface area contributed by atoms with Crippen molar-refractivity contribution >= 4 is 34.3 Å². The highest BCUT2D eigenvalue weighted by Gasteiger charge is 2.36. The third-order valence-corrected chi connectivity index (χ3v) is 8.94. The second kappa shape index (κ2) is 17.0. The molecule has 0 saturated heterocycles. The lowest BCUT2D eigenvalue weighted by Gasteiger charge is -2.24. The van der Waals surface area contributed by atoms with Crippen LogP contribution in [0.2, 0.25) is 0 Å². The zero-order valence-electron chi connectivity index (χ0n) is 26.2. The van der Waals surface area contributed by atoms with Crippen LogP contribution in [0, 0.1) is 0 Å². The molecular formula is C32H46F3N5O3S. The van der Waals surface area contributed by atoms with Gasteiger partial charge < -0.3 is 5.32 Å². The molecule has 2 N–H and O–H groups in total. The summed E-state index contributed by atoms with van der Waals surface area (Å²) in [7, 11) is 0. The van der Waals surface area contributed by atoms with Gasteiger partial charge >= 0.3 is 6.18 Å². The lowest BCUT2D eigenvalue weighted by atomic mass is 9.85. The minimum Gasteiger partial charge on any atom is -0.356 e. The fourth-order valence-electron chi connectivity index (χ4n) is 5.24. The number of aromatic nitrogens is 3. The Bertz CT molecular complexity index is 1380. The van der Waals surface area contributed by atoms with E-state index in [1.165, 1.54) is 76.4 Å². The number of H-pyrrole nitrogens is 1. The van der Waals surface area contributed by atoms with Crippen molar-refractivity contribution < 1.29 is 22.8 Å². The van der Waals surface area contributed by atoms with Crippen LogP contribution in [0.3, 0.4) is 0 Å². The molecule has 0 saturated carbocycles. The van der Waals surface area contributed by atoms with Gasteiger partial charge in [-0.2, -0.15) is 13.2 Å². The molecule has 0 aromatic carbocycles. The molecule has 0 spiro atoms. The van der Waals surface area contributed by atoms with Gasteiger partial charge in [-0.3, -0.25) is 19.5 Å². The SMILES string of the molecule is CCCCCCCCCCCCCCCC(=O)NCCC(C)(C)c1[nH]n2c(=O)cc(C(F)(F)F)nc2c1SC1=NC(=O)C=C1. The number of hydrogen-bond acceptors (Lipinski definition) is 5. The molecule has 0 bridgehead atoms. The zero-order chi connectivity index (χ0) is 32.2. The number of carbonyl (C=O) groups is 2. The summed E-state index contributed by atoms with van der Waals surface area (Å²) in [6.45, 7) is 6.32. The third-order valence-electron chi connectivity index (χ3n) is 7.91. The summed E-state index contributed by atoms with van der Waals surface area (Å²) in [6.07, 6.45) is 14.9. The Hall–Kier alpha value is -2.89. The lowest BCUT2D eigenvalue weighted by molar-refractivity contribution is -0.141. The van der Waals surface area contributed by atoms with Crippen LogP contribution in [0.25, 0.3) is 5.65 Å². The van der Waals surface area contributed by atoms with Gasteiger partial charge in [-0.25, -0.2) is 14.5 Å².